The summed E-state index contributed by atoms with van der Waals surface area (Å²) in [5, 5.41) is 24.9. The predicted molar refractivity (Wildman–Crippen MR) is 98.8 cm³/mol. The first-order chi connectivity index (χ1) is 12.2. The first kappa shape index (κ1) is 21.8. The van der Waals surface area contributed by atoms with Gasteiger partial charge in [0.05, 0.1) is 0 Å². The third kappa shape index (κ3) is 8.71. The minimum Gasteiger partial charge on any atom is -0.508 e. The number of aromatic hydroxyl groups is 1. The lowest BCUT2D eigenvalue weighted by Crippen LogP contribution is -2.33. The van der Waals surface area contributed by atoms with Crippen molar-refractivity contribution in [1.82, 2.24) is 10.6 Å². The minimum atomic E-state index is -1.38. The molecule has 1 aromatic rings. The minimum absolute atomic E-state index is 0.104. The fourth-order valence-corrected chi connectivity index (χ4v) is 2.28. The lowest BCUT2D eigenvalue weighted by Gasteiger charge is -2.19. The van der Waals surface area contributed by atoms with Crippen molar-refractivity contribution in [2.24, 2.45) is 0 Å². The molecule has 1 unspecified atom stereocenters. The molecule has 146 valence electrons. The summed E-state index contributed by atoms with van der Waals surface area (Å²) in [7, 11) is 0. The third-order valence-electron chi connectivity index (χ3n) is 3.55. The first-order valence-corrected chi connectivity index (χ1v) is 8.91. The molecule has 0 aromatic heterocycles. The zero-order chi connectivity index (χ0) is 19.6. The molecule has 1 rings (SSSR count). The Morgan fingerprint density at radius 3 is 2.19 bits per heavy atom. The molecule has 0 saturated carbocycles. The summed E-state index contributed by atoms with van der Waals surface area (Å²) in [6, 6.07) is 6.21. The normalized spacial score (nSPS) is 12.3. The molecule has 0 radical (unpaired) electrons. The molecule has 0 aliphatic carbocycles. The molecule has 0 spiro atoms. The zero-order valence-corrected chi connectivity index (χ0v) is 15.7. The van der Waals surface area contributed by atoms with Crippen molar-refractivity contribution in [3.8, 4) is 5.75 Å². The molecule has 26 heavy (non-hydrogen) atoms. The van der Waals surface area contributed by atoms with Crippen molar-refractivity contribution in [3.63, 3.8) is 0 Å². The van der Waals surface area contributed by atoms with Crippen LogP contribution in [0, 0.1) is 0 Å². The van der Waals surface area contributed by atoms with Gasteiger partial charge in [-0.3, -0.25) is 4.79 Å². The van der Waals surface area contributed by atoms with Gasteiger partial charge in [0.15, 0.2) is 6.10 Å². The Bertz CT molecular complexity index is 584. The van der Waals surface area contributed by atoms with Gasteiger partial charge in [0, 0.05) is 18.7 Å². The summed E-state index contributed by atoms with van der Waals surface area (Å²) in [4.78, 5) is 23.3. The molecule has 1 aromatic carbocycles. The molecule has 0 saturated heterocycles. The number of nitrogens with one attached hydrogen (secondary N) is 2. The maximum atomic E-state index is 11.9. The number of hydrogen-bond donors (Lipinski definition) is 4. The predicted octanol–water partition coefficient (Wildman–Crippen LogP) is 2.63. The van der Waals surface area contributed by atoms with Gasteiger partial charge in [-0.15, -0.1) is 0 Å². The second-order valence-corrected chi connectivity index (χ2v) is 7.10. The maximum absolute atomic E-state index is 11.9. The van der Waals surface area contributed by atoms with E-state index in [1.165, 1.54) is 12.1 Å². The topological polar surface area (TPSA) is 108 Å². The van der Waals surface area contributed by atoms with E-state index in [1.807, 2.05) is 20.8 Å². The third-order valence-corrected chi connectivity index (χ3v) is 3.55. The molecule has 0 fully saturated rings. The summed E-state index contributed by atoms with van der Waals surface area (Å²) in [5.41, 5.74) is -0.304. The van der Waals surface area contributed by atoms with E-state index in [1.54, 1.807) is 12.1 Å². The highest BCUT2D eigenvalue weighted by Crippen LogP contribution is 2.23. The number of carbonyl (C=O) groups excluding carboxylic acids is 2. The number of rotatable bonds is 9. The summed E-state index contributed by atoms with van der Waals surface area (Å²) in [6.45, 7) is 6.45. The lowest BCUT2D eigenvalue weighted by atomic mass is 10.1. The summed E-state index contributed by atoms with van der Waals surface area (Å²) >= 11 is 0. The monoisotopic (exact) mass is 366 g/mol. The summed E-state index contributed by atoms with van der Waals surface area (Å²) in [5.74, 6) is -0.634. The number of unbranched alkanes of at least 4 members (excludes halogenated alkanes) is 3. The van der Waals surface area contributed by atoms with Crippen LogP contribution in [-0.4, -0.2) is 40.9 Å². The Balaban J connectivity index is 2.09. The van der Waals surface area contributed by atoms with Crippen molar-refractivity contribution >= 4 is 12.0 Å². The Labute approximate surface area is 154 Å². The number of para-hydroxylation sites is 1. The molecule has 1 atom stereocenters. The Morgan fingerprint density at radius 1 is 1.04 bits per heavy atom. The Kier molecular flexibility index (Phi) is 8.92. The van der Waals surface area contributed by atoms with Gasteiger partial charge in [-0.25, -0.2) is 4.79 Å². The van der Waals surface area contributed by atoms with E-state index in [0.29, 0.717) is 13.1 Å². The van der Waals surface area contributed by atoms with Crippen molar-refractivity contribution in [1.29, 1.82) is 0 Å². The molecule has 0 aliphatic heterocycles. The van der Waals surface area contributed by atoms with Gasteiger partial charge in [-0.2, -0.15) is 0 Å². The lowest BCUT2D eigenvalue weighted by molar-refractivity contribution is -0.129. The number of ether oxygens (including phenoxy) is 1. The molecule has 7 heteroatoms. The quantitative estimate of drug-likeness (QED) is 0.503. The van der Waals surface area contributed by atoms with E-state index in [2.05, 4.69) is 10.6 Å². The number of aliphatic hydroxyl groups is 1. The first-order valence-electron chi connectivity index (χ1n) is 8.91. The van der Waals surface area contributed by atoms with Crippen LogP contribution in [0.2, 0.25) is 0 Å². The van der Waals surface area contributed by atoms with Gasteiger partial charge in [0.2, 0.25) is 0 Å². The molecule has 0 aliphatic rings. The second-order valence-electron chi connectivity index (χ2n) is 7.10. The number of aliphatic hydroxyl groups excluding tert-OH is 1. The highest BCUT2D eigenvalue weighted by atomic mass is 16.6. The van der Waals surface area contributed by atoms with Gasteiger partial charge in [0.1, 0.15) is 11.4 Å². The van der Waals surface area contributed by atoms with E-state index in [9.17, 15) is 19.8 Å². The summed E-state index contributed by atoms with van der Waals surface area (Å²) in [6.07, 6.45) is 1.60. The van der Waals surface area contributed by atoms with E-state index >= 15 is 0 Å². The molecule has 2 amide bonds. The number of carbonyl (C=O) groups is 2. The maximum Gasteiger partial charge on any atom is 0.407 e. The van der Waals surface area contributed by atoms with E-state index < -0.39 is 23.7 Å². The fourth-order valence-electron chi connectivity index (χ4n) is 2.28. The van der Waals surface area contributed by atoms with E-state index in [4.69, 9.17) is 4.74 Å². The van der Waals surface area contributed by atoms with Crippen LogP contribution in [0.25, 0.3) is 0 Å². The van der Waals surface area contributed by atoms with Gasteiger partial charge < -0.3 is 25.6 Å². The Hall–Kier alpha value is -2.28. The van der Waals surface area contributed by atoms with E-state index in [-0.39, 0.29) is 11.3 Å². The smallest absolute Gasteiger partial charge is 0.407 e. The van der Waals surface area contributed by atoms with Crippen molar-refractivity contribution in [2.75, 3.05) is 13.1 Å². The summed E-state index contributed by atoms with van der Waals surface area (Å²) < 4.78 is 5.14. The van der Waals surface area contributed by atoms with Gasteiger partial charge in [-0.1, -0.05) is 31.0 Å². The number of phenolic OH excluding ortho intramolecular Hbond substituents is 1. The van der Waals surface area contributed by atoms with Crippen LogP contribution in [0.5, 0.6) is 5.75 Å². The van der Waals surface area contributed by atoms with Crippen molar-refractivity contribution in [2.45, 2.75) is 58.2 Å². The number of hydrogen-bond acceptors (Lipinski definition) is 5. The van der Waals surface area contributed by atoms with E-state index in [0.717, 1.165) is 25.7 Å². The average Bonchev–Trinajstić information content (AvgIpc) is 2.55. The van der Waals surface area contributed by atoms with Crippen molar-refractivity contribution < 1.29 is 24.5 Å². The molecule has 7 nitrogen and oxygen atoms in total. The number of alkyl carbamates (subject to hydrolysis) is 1. The van der Waals surface area contributed by atoms with Crippen LogP contribution >= 0.6 is 0 Å². The van der Waals surface area contributed by atoms with Gasteiger partial charge in [0.25, 0.3) is 5.91 Å². The molecule has 4 N–H and O–H groups in total. The average molecular weight is 366 g/mol. The number of phenols is 1. The fraction of sp³-hybridized carbons (Fsp3) is 0.579. The molecular weight excluding hydrogens is 336 g/mol. The second kappa shape index (κ2) is 10.7. The van der Waals surface area contributed by atoms with Crippen LogP contribution < -0.4 is 10.6 Å². The van der Waals surface area contributed by atoms with Gasteiger partial charge >= 0.3 is 6.09 Å². The largest absolute Gasteiger partial charge is 0.508 e. The number of amides is 2. The van der Waals surface area contributed by atoms with Crippen molar-refractivity contribution in [3.05, 3.63) is 29.8 Å². The van der Waals surface area contributed by atoms with Crippen LogP contribution in [0.15, 0.2) is 24.3 Å². The van der Waals surface area contributed by atoms with Crippen LogP contribution in [0.3, 0.4) is 0 Å². The highest BCUT2D eigenvalue weighted by Gasteiger charge is 2.19. The number of benzene rings is 1. The zero-order valence-electron chi connectivity index (χ0n) is 15.7. The van der Waals surface area contributed by atoms with Crippen LogP contribution in [0.1, 0.15) is 58.1 Å². The molecule has 0 heterocycles. The standard InChI is InChI=1S/C19H30N2O5/c1-19(2,3)26-18(25)21-13-9-5-4-8-12-20-17(24)16(23)14-10-6-7-11-15(14)22/h6-7,10-11,16,22-23H,4-5,8-9,12-13H2,1-3H3,(H,20,24)(H,21,25). The molecular formula is C19H30N2O5. The Morgan fingerprint density at radius 2 is 1.62 bits per heavy atom. The van der Waals surface area contributed by atoms with Crippen LogP contribution in [0.4, 0.5) is 4.79 Å². The SMILES string of the molecule is CC(C)(C)OC(=O)NCCCCCCNC(=O)C(O)c1ccccc1O. The highest BCUT2D eigenvalue weighted by molar-refractivity contribution is 5.82. The molecule has 0 bridgehead atoms. The van der Waals surface area contributed by atoms with Gasteiger partial charge in [-0.05, 0) is 39.7 Å². The van der Waals surface area contributed by atoms with Crippen LogP contribution in [-0.2, 0) is 9.53 Å².